The van der Waals surface area contributed by atoms with Crippen LogP contribution in [0.15, 0.2) is 6.07 Å². The van der Waals surface area contributed by atoms with Gasteiger partial charge in [0.25, 0.3) is 0 Å². The molecule has 0 spiro atoms. The predicted octanol–water partition coefficient (Wildman–Crippen LogP) is 1.70. The van der Waals surface area contributed by atoms with Gasteiger partial charge in [0.05, 0.1) is 0 Å². The highest BCUT2D eigenvalue weighted by Gasteiger charge is 2.17. The minimum atomic E-state index is 0.485. The Balaban J connectivity index is 2.06. The molecule has 0 aromatic carbocycles. The Morgan fingerprint density at radius 2 is 2.12 bits per heavy atom. The van der Waals surface area contributed by atoms with Crippen LogP contribution in [0.5, 0.6) is 0 Å². The van der Waals surface area contributed by atoms with Gasteiger partial charge in [0.2, 0.25) is 5.95 Å². The Labute approximate surface area is 102 Å². The van der Waals surface area contributed by atoms with Gasteiger partial charge in [-0.15, -0.1) is 0 Å². The van der Waals surface area contributed by atoms with Gasteiger partial charge in [-0.3, -0.25) is 5.43 Å². The summed E-state index contributed by atoms with van der Waals surface area (Å²) in [5.74, 6) is 7.59. The van der Waals surface area contributed by atoms with Crippen LogP contribution in [0, 0.1) is 12.8 Å². The molecule has 17 heavy (non-hydrogen) atoms. The molecule has 0 amide bonds. The molecule has 1 aromatic heterocycles. The molecule has 5 heteroatoms. The largest absolute Gasteiger partial charge is 0.359 e. The van der Waals surface area contributed by atoms with Gasteiger partial charge in [-0.2, -0.15) is 4.98 Å². The highest BCUT2D eigenvalue weighted by molar-refractivity contribution is 5.43. The van der Waals surface area contributed by atoms with Gasteiger partial charge < -0.3 is 4.90 Å². The third kappa shape index (κ3) is 3.06. The van der Waals surface area contributed by atoms with Gasteiger partial charge in [0.1, 0.15) is 5.82 Å². The van der Waals surface area contributed by atoms with Gasteiger partial charge in [-0.25, -0.2) is 10.8 Å². The number of aryl methyl sites for hydroxylation is 1. The van der Waals surface area contributed by atoms with E-state index in [4.69, 9.17) is 5.84 Å². The average molecular weight is 235 g/mol. The van der Waals surface area contributed by atoms with Crippen molar-refractivity contribution in [3.8, 4) is 0 Å². The lowest BCUT2D eigenvalue weighted by atomic mass is 10.1. The second kappa shape index (κ2) is 5.31. The first-order valence-corrected chi connectivity index (χ1v) is 6.22. The van der Waals surface area contributed by atoms with Crippen molar-refractivity contribution in [1.29, 1.82) is 0 Å². The number of nitrogen functional groups attached to an aromatic ring is 1. The molecule has 94 valence electrons. The first-order valence-electron chi connectivity index (χ1n) is 6.22. The van der Waals surface area contributed by atoms with Crippen LogP contribution in [0.4, 0.5) is 11.8 Å². The third-order valence-corrected chi connectivity index (χ3v) is 3.37. The Kier molecular flexibility index (Phi) is 3.78. The molecule has 0 saturated heterocycles. The van der Waals surface area contributed by atoms with Crippen LogP contribution < -0.4 is 16.2 Å². The molecule has 1 fully saturated rings. The fourth-order valence-electron chi connectivity index (χ4n) is 2.49. The Bertz CT molecular complexity index is 373. The SMILES string of the molecule is Cc1cc(N(C)CC2CCCC2)nc(NN)n1. The lowest BCUT2D eigenvalue weighted by molar-refractivity contribution is 0.545. The van der Waals surface area contributed by atoms with Crippen LogP contribution in [0.1, 0.15) is 31.4 Å². The van der Waals surface area contributed by atoms with E-state index in [0.29, 0.717) is 5.95 Å². The predicted molar refractivity (Wildman–Crippen MR) is 69.8 cm³/mol. The van der Waals surface area contributed by atoms with E-state index in [1.807, 2.05) is 13.0 Å². The molecule has 1 aromatic rings. The van der Waals surface area contributed by atoms with E-state index in [1.54, 1.807) is 0 Å². The maximum absolute atomic E-state index is 5.36. The summed E-state index contributed by atoms with van der Waals surface area (Å²) in [6, 6.07) is 2.00. The van der Waals surface area contributed by atoms with Crippen LogP contribution in [-0.2, 0) is 0 Å². The second-order valence-electron chi connectivity index (χ2n) is 4.87. The quantitative estimate of drug-likeness (QED) is 0.614. The molecule has 0 atom stereocenters. The number of rotatable bonds is 4. The Hall–Kier alpha value is -1.36. The van der Waals surface area contributed by atoms with Crippen molar-refractivity contribution in [3.05, 3.63) is 11.8 Å². The second-order valence-corrected chi connectivity index (χ2v) is 4.87. The topological polar surface area (TPSA) is 67.1 Å². The number of hydrogen-bond donors (Lipinski definition) is 2. The molecule has 0 unspecified atom stereocenters. The lowest BCUT2D eigenvalue weighted by Gasteiger charge is -2.22. The number of hydrogen-bond acceptors (Lipinski definition) is 5. The van der Waals surface area contributed by atoms with E-state index in [9.17, 15) is 0 Å². The van der Waals surface area contributed by atoms with E-state index in [-0.39, 0.29) is 0 Å². The molecule has 1 heterocycles. The van der Waals surface area contributed by atoms with Crippen molar-refractivity contribution in [2.75, 3.05) is 23.9 Å². The number of aromatic nitrogens is 2. The maximum atomic E-state index is 5.36. The zero-order valence-corrected chi connectivity index (χ0v) is 10.6. The standard InChI is InChI=1S/C12H21N5/c1-9-7-11(15-12(14-9)16-13)17(2)8-10-5-3-4-6-10/h7,10H,3-6,8,13H2,1-2H3,(H,14,15,16). The normalized spacial score (nSPS) is 16.2. The van der Waals surface area contributed by atoms with Crippen molar-refractivity contribution in [2.24, 2.45) is 11.8 Å². The molecule has 2 rings (SSSR count). The minimum Gasteiger partial charge on any atom is -0.359 e. The zero-order valence-electron chi connectivity index (χ0n) is 10.6. The minimum absolute atomic E-state index is 0.485. The van der Waals surface area contributed by atoms with Crippen molar-refractivity contribution >= 4 is 11.8 Å². The van der Waals surface area contributed by atoms with E-state index >= 15 is 0 Å². The molecule has 1 aliphatic carbocycles. The van der Waals surface area contributed by atoms with Crippen LogP contribution in [-0.4, -0.2) is 23.6 Å². The van der Waals surface area contributed by atoms with Crippen molar-refractivity contribution in [2.45, 2.75) is 32.6 Å². The summed E-state index contributed by atoms with van der Waals surface area (Å²) in [4.78, 5) is 10.8. The van der Waals surface area contributed by atoms with Gasteiger partial charge >= 0.3 is 0 Å². The van der Waals surface area contributed by atoms with Gasteiger partial charge in [-0.05, 0) is 25.7 Å². The maximum Gasteiger partial charge on any atom is 0.239 e. The number of nitrogens with two attached hydrogens (primary N) is 1. The van der Waals surface area contributed by atoms with Crippen LogP contribution in [0.3, 0.4) is 0 Å². The summed E-state index contributed by atoms with van der Waals surface area (Å²) >= 11 is 0. The molecule has 5 nitrogen and oxygen atoms in total. The number of nitrogens with one attached hydrogen (secondary N) is 1. The Morgan fingerprint density at radius 3 is 2.76 bits per heavy atom. The molecule has 0 bridgehead atoms. The van der Waals surface area contributed by atoms with Crippen molar-refractivity contribution in [1.82, 2.24) is 9.97 Å². The Morgan fingerprint density at radius 1 is 1.41 bits per heavy atom. The summed E-state index contributed by atoms with van der Waals surface area (Å²) < 4.78 is 0. The van der Waals surface area contributed by atoms with E-state index in [1.165, 1.54) is 25.7 Å². The average Bonchev–Trinajstić information content (AvgIpc) is 2.81. The van der Waals surface area contributed by atoms with Gasteiger partial charge in [-0.1, -0.05) is 12.8 Å². The van der Waals surface area contributed by atoms with Gasteiger partial charge in [0, 0.05) is 25.4 Å². The van der Waals surface area contributed by atoms with Crippen molar-refractivity contribution < 1.29 is 0 Å². The van der Waals surface area contributed by atoms with E-state index in [2.05, 4.69) is 27.3 Å². The van der Waals surface area contributed by atoms with Crippen molar-refractivity contribution in [3.63, 3.8) is 0 Å². The van der Waals surface area contributed by atoms with Crippen LogP contribution >= 0.6 is 0 Å². The number of hydrazine groups is 1. The molecular formula is C12H21N5. The highest BCUT2D eigenvalue weighted by atomic mass is 15.3. The molecule has 3 N–H and O–H groups in total. The van der Waals surface area contributed by atoms with Gasteiger partial charge in [0.15, 0.2) is 0 Å². The lowest BCUT2D eigenvalue weighted by Crippen LogP contribution is -2.25. The smallest absolute Gasteiger partial charge is 0.239 e. The first kappa shape index (κ1) is 12.1. The summed E-state index contributed by atoms with van der Waals surface area (Å²) in [6.45, 7) is 3.02. The molecule has 0 radical (unpaired) electrons. The molecule has 1 aliphatic rings. The number of nitrogens with zero attached hydrogens (tertiary/aromatic N) is 3. The monoisotopic (exact) mass is 235 g/mol. The number of anilines is 2. The summed E-state index contributed by atoms with van der Waals surface area (Å²) in [5.41, 5.74) is 3.44. The molecular weight excluding hydrogens is 214 g/mol. The fourth-order valence-corrected chi connectivity index (χ4v) is 2.49. The first-order chi connectivity index (χ1) is 8.19. The van der Waals surface area contributed by atoms with E-state index in [0.717, 1.165) is 24.0 Å². The zero-order chi connectivity index (χ0) is 12.3. The summed E-state index contributed by atoms with van der Waals surface area (Å²) in [6.07, 6.45) is 5.43. The third-order valence-electron chi connectivity index (χ3n) is 3.37. The molecule has 1 saturated carbocycles. The summed E-state index contributed by atoms with van der Waals surface area (Å²) in [5, 5.41) is 0. The highest BCUT2D eigenvalue weighted by Crippen LogP contribution is 2.26. The summed E-state index contributed by atoms with van der Waals surface area (Å²) in [7, 11) is 2.08. The van der Waals surface area contributed by atoms with E-state index < -0.39 is 0 Å². The molecule has 0 aliphatic heterocycles. The van der Waals surface area contributed by atoms with Crippen LogP contribution in [0.2, 0.25) is 0 Å². The fraction of sp³-hybridized carbons (Fsp3) is 0.667. The van der Waals surface area contributed by atoms with Crippen LogP contribution in [0.25, 0.3) is 0 Å².